The third-order valence-electron chi connectivity index (χ3n) is 3.00. The predicted molar refractivity (Wildman–Crippen MR) is 77.0 cm³/mol. The van der Waals surface area contributed by atoms with Crippen LogP contribution in [-0.2, 0) is 11.2 Å². The molecule has 21 heavy (non-hydrogen) atoms. The summed E-state index contributed by atoms with van der Waals surface area (Å²) in [5.74, 6) is -0.110. The number of aliphatic carboxylic acids is 1. The molecule has 7 nitrogen and oxygen atoms in total. The van der Waals surface area contributed by atoms with E-state index >= 15 is 0 Å². The van der Waals surface area contributed by atoms with E-state index in [2.05, 4.69) is 20.3 Å². The summed E-state index contributed by atoms with van der Waals surface area (Å²) in [7, 11) is 0. The molecule has 108 valence electrons. The minimum atomic E-state index is -0.790. The smallest absolute Gasteiger partial charge is 0.303 e. The van der Waals surface area contributed by atoms with Crippen molar-refractivity contribution in [2.75, 3.05) is 0 Å². The van der Waals surface area contributed by atoms with E-state index in [1.807, 2.05) is 19.1 Å². The zero-order chi connectivity index (χ0) is 14.8. The van der Waals surface area contributed by atoms with E-state index in [-0.39, 0.29) is 12.3 Å². The van der Waals surface area contributed by atoms with Crippen LogP contribution in [0.4, 0.5) is 0 Å². The summed E-state index contributed by atoms with van der Waals surface area (Å²) >= 11 is 1.43. The van der Waals surface area contributed by atoms with Crippen LogP contribution in [-0.4, -0.2) is 35.9 Å². The van der Waals surface area contributed by atoms with E-state index in [0.717, 1.165) is 10.6 Å². The van der Waals surface area contributed by atoms with Crippen LogP contribution in [0.25, 0.3) is 16.3 Å². The minimum Gasteiger partial charge on any atom is -0.481 e. The molecule has 3 heterocycles. The van der Waals surface area contributed by atoms with Crippen LogP contribution in [0.15, 0.2) is 24.5 Å². The molecule has 3 aromatic heterocycles. The predicted octanol–water partition coefficient (Wildman–Crippen LogP) is 1.90. The number of pyridine rings is 1. The summed E-state index contributed by atoms with van der Waals surface area (Å²) in [4.78, 5) is 15.5. The lowest BCUT2D eigenvalue weighted by Crippen LogP contribution is -2.07. The lowest BCUT2D eigenvalue weighted by molar-refractivity contribution is -0.137. The highest BCUT2D eigenvalue weighted by molar-refractivity contribution is 7.16. The number of carbonyl (C=O) groups is 1. The summed E-state index contributed by atoms with van der Waals surface area (Å²) in [6.07, 6.45) is 4.16. The highest BCUT2D eigenvalue weighted by Crippen LogP contribution is 2.22. The number of nitrogens with zero attached hydrogens (tertiary/aromatic N) is 5. The zero-order valence-corrected chi connectivity index (χ0v) is 12.1. The Morgan fingerprint density at radius 1 is 1.48 bits per heavy atom. The molecule has 3 rings (SSSR count). The van der Waals surface area contributed by atoms with Crippen LogP contribution >= 0.6 is 11.3 Å². The molecule has 0 fully saturated rings. The van der Waals surface area contributed by atoms with Gasteiger partial charge in [0.05, 0.1) is 0 Å². The van der Waals surface area contributed by atoms with Crippen molar-refractivity contribution in [2.24, 2.45) is 5.92 Å². The average Bonchev–Trinajstić information content (AvgIpc) is 2.98. The number of carboxylic acids is 1. The van der Waals surface area contributed by atoms with E-state index in [0.29, 0.717) is 17.2 Å². The van der Waals surface area contributed by atoms with Crippen LogP contribution in [0.3, 0.4) is 0 Å². The highest BCUT2D eigenvalue weighted by Gasteiger charge is 2.16. The van der Waals surface area contributed by atoms with Crippen LogP contribution in [0.5, 0.6) is 0 Å². The van der Waals surface area contributed by atoms with Gasteiger partial charge in [0.2, 0.25) is 4.96 Å². The van der Waals surface area contributed by atoms with E-state index in [9.17, 15) is 4.79 Å². The van der Waals surface area contributed by atoms with Crippen LogP contribution in [0.2, 0.25) is 0 Å². The van der Waals surface area contributed by atoms with Gasteiger partial charge in [0.25, 0.3) is 0 Å². The standard InChI is InChI=1S/C13H13N5O2S/c1-8(6-11(19)20)5-10-17-18-12(15-16-13(18)21-10)9-3-2-4-14-7-9/h2-4,7-8H,5-6H2,1H3,(H,19,20). The molecule has 1 unspecified atom stereocenters. The van der Waals surface area contributed by atoms with Gasteiger partial charge in [-0.15, -0.1) is 10.2 Å². The molecule has 3 aromatic rings. The molecule has 0 spiro atoms. The molecule has 0 saturated carbocycles. The van der Waals surface area contributed by atoms with Crippen molar-refractivity contribution < 1.29 is 9.90 Å². The fourth-order valence-electron chi connectivity index (χ4n) is 2.08. The normalized spacial score (nSPS) is 12.6. The van der Waals surface area contributed by atoms with Crippen LogP contribution in [0, 0.1) is 5.92 Å². The fraction of sp³-hybridized carbons (Fsp3) is 0.308. The van der Waals surface area contributed by atoms with Gasteiger partial charge in [0.15, 0.2) is 5.82 Å². The largest absolute Gasteiger partial charge is 0.481 e. The minimum absolute atomic E-state index is 0.0353. The first-order valence-electron chi connectivity index (χ1n) is 6.47. The Bertz CT molecular complexity index is 767. The second-order valence-corrected chi connectivity index (χ2v) is 5.90. The summed E-state index contributed by atoms with van der Waals surface area (Å²) < 4.78 is 1.69. The molecule has 0 bridgehead atoms. The van der Waals surface area contributed by atoms with Crippen molar-refractivity contribution in [3.8, 4) is 11.4 Å². The Morgan fingerprint density at radius 3 is 3.05 bits per heavy atom. The molecule has 0 amide bonds. The van der Waals surface area contributed by atoms with Crippen molar-refractivity contribution in [2.45, 2.75) is 19.8 Å². The Balaban J connectivity index is 1.88. The Hall–Kier alpha value is -2.35. The van der Waals surface area contributed by atoms with E-state index in [1.54, 1.807) is 16.9 Å². The van der Waals surface area contributed by atoms with Crippen LogP contribution < -0.4 is 0 Å². The quantitative estimate of drug-likeness (QED) is 0.773. The molecule has 0 saturated heterocycles. The molecule has 1 atom stereocenters. The number of fused-ring (bicyclic) bond motifs is 1. The molecular formula is C13H13N5O2S. The highest BCUT2D eigenvalue weighted by atomic mass is 32.1. The maximum Gasteiger partial charge on any atom is 0.303 e. The first-order valence-corrected chi connectivity index (χ1v) is 7.28. The second-order valence-electron chi connectivity index (χ2n) is 4.86. The lowest BCUT2D eigenvalue weighted by atomic mass is 10.1. The molecule has 0 aromatic carbocycles. The van der Waals surface area contributed by atoms with Crippen molar-refractivity contribution in [3.05, 3.63) is 29.5 Å². The molecule has 0 aliphatic heterocycles. The number of hydrogen-bond donors (Lipinski definition) is 1. The molecular weight excluding hydrogens is 290 g/mol. The molecule has 8 heteroatoms. The summed E-state index contributed by atoms with van der Waals surface area (Å²) in [6, 6.07) is 3.73. The topological polar surface area (TPSA) is 93.3 Å². The Morgan fingerprint density at radius 2 is 2.33 bits per heavy atom. The van der Waals surface area contributed by atoms with Crippen molar-refractivity contribution in [1.82, 2.24) is 24.8 Å². The number of aromatic nitrogens is 5. The first-order chi connectivity index (χ1) is 10.1. The lowest BCUT2D eigenvalue weighted by Gasteiger charge is -2.04. The maximum atomic E-state index is 10.7. The third kappa shape index (κ3) is 2.89. The fourth-order valence-corrected chi connectivity index (χ4v) is 3.08. The van der Waals surface area contributed by atoms with Gasteiger partial charge >= 0.3 is 5.97 Å². The van der Waals surface area contributed by atoms with E-state index < -0.39 is 5.97 Å². The Kier molecular flexibility index (Phi) is 3.61. The molecule has 1 N–H and O–H groups in total. The summed E-state index contributed by atoms with van der Waals surface area (Å²) in [6.45, 7) is 1.90. The van der Waals surface area contributed by atoms with Gasteiger partial charge < -0.3 is 5.11 Å². The number of rotatable bonds is 5. The number of hydrogen-bond acceptors (Lipinski definition) is 6. The van der Waals surface area contributed by atoms with Crippen molar-refractivity contribution >= 4 is 22.3 Å². The maximum absolute atomic E-state index is 10.7. The third-order valence-corrected chi connectivity index (χ3v) is 3.92. The zero-order valence-electron chi connectivity index (χ0n) is 11.3. The van der Waals surface area contributed by atoms with Gasteiger partial charge in [-0.25, -0.2) is 0 Å². The molecule has 0 aliphatic carbocycles. The van der Waals surface area contributed by atoms with Gasteiger partial charge in [-0.05, 0) is 18.1 Å². The van der Waals surface area contributed by atoms with Gasteiger partial charge in [-0.2, -0.15) is 9.61 Å². The van der Waals surface area contributed by atoms with E-state index in [1.165, 1.54) is 11.3 Å². The monoisotopic (exact) mass is 303 g/mol. The van der Waals surface area contributed by atoms with Gasteiger partial charge in [-0.3, -0.25) is 9.78 Å². The van der Waals surface area contributed by atoms with Gasteiger partial charge in [0, 0.05) is 30.8 Å². The van der Waals surface area contributed by atoms with Crippen LogP contribution in [0.1, 0.15) is 18.4 Å². The molecule has 0 radical (unpaired) electrons. The van der Waals surface area contributed by atoms with E-state index in [4.69, 9.17) is 5.11 Å². The summed E-state index contributed by atoms with van der Waals surface area (Å²) in [5.41, 5.74) is 0.848. The first kappa shape index (κ1) is 13.6. The number of carboxylic acid groups (broad SMARTS) is 1. The Labute approximate surface area is 124 Å². The van der Waals surface area contributed by atoms with Gasteiger partial charge in [0.1, 0.15) is 5.01 Å². The van der Waals surface area contributed by atoms with Crippen molar-refractivity contribution in [1.29, 1.82) is 0 Å². The second kappa shape index (κ2) is 5.57. The SMILES string of the molecule is CC(CC(=O)O)Cc1nn2c(-c3cccnc3)nnc2s1. The van der Waals surface area contributed by atoms with Gasteiger partial charge in [-0.1, -0.05) is 18.3 Å². The van der Waals surface area contributed by atoms with Crippen molar-refractivity contribution in [3.63, 3.8) is 0 Å². The average molecular weight is 303 g/mol. The summed E-state index contributed by atoms with van der Waals surface area (Å²) in [5, 5.41) is 22.4. The molecule has 0 aliphatic rings.